The van der Waals surface area contributed by atoms with E-state index < -0.39 is 5.97 Å². The number of nitrogens with zero attached hydrogens (tertiary/aromatic N) is 1. The van der Waals surface area contributed by atoms with E-state index in [0.717, 1.165) is 0 Å². The average Bonchev–Trinajstić information content (AvgIpc) is 2.37. The number of esters is 1. The molecule has 0 fully saturated rings. The molecule has 0 aliphatic rings. The highest BCUT2D eigenvalue weighted by molar-refractivity contribution is 5.95. The number of rotatable bonds is 4. The molecule has 0 bridgehead atoms. The number of hydrogen-bond acceptors (Lipinski definition) is 5. The first-order valence-electron chi connectivity index (χ1n) is 4.92. The smallest absolute Gasteiger partial charge is 0.341 e. The lowest BCUT2D eigenvalue weighted by Crippen LogP contribution is -2.08. The van der Waals surface area contributed by atoms with Gasteiger partial charge in [-0.3, -0.25) is 4.79 Å². The van der Waals surface area contributed by atoms with Gasteiger partial charge < -0.3 is 9.47 Å². The summed E-state index contributed by atoms with van der Waals surface area (Å²) in [5.41, 5.74) is 0.432. The second kappa shape index (κ2) is 5.66. The van der Waals surface area contributed by atoms with Crippen LogP contribution in [0.3, 0.4) is 0 Å². The van der Waals surface area contributed by atoms with Gasteiger partial charge in [0, 0.05) is 5.56 Å². The third-order valence-electron chi connectivity index (χ3n) is 2.07. The van der Waals surface area contributed by atoms with E-state index in [1.54, 1.807) is 6.92 Å². The lowest BCUT2D eigenvalue weighted by atomic mass is 10.1. The SMILES string of the molecule is CCOC(=O)c1cc(C=O)cc(C#N)c1OC. The van der Waals surface area contributed by atoms with Crippen LogP contribution >= 0.6 is 0 Å². The zero-order chi connectivity index (χ0) is 12.8. The van der Waals surface area contributed by atoms with Crippen LogP contribution in [0.5, 0.6) is 5.75 Å². The molecule has 0 unspecified atom stereocenters. The molecule has 5 nitrogen and oxygen atoms in total. The van der Waals surface area contributed by atoms with E-state index in [-0.39, 0.29) is 29.0 Å². The van der Waals surface area contributed by atoms with Gasteiger partial charge in [0.05, 0.1) is 19.3 Å². The molecule has 0 aromatic heterocycles. The van der Waals surface area contributed by atoms with Gasteiger partial charge >= 0.3 is 5.97 Å². The summed E-state index contributed by atoms with van der Waals surface area (Å²) in [5, 5.41) is 8.91. The molecule has 0 amide bonds. The molecule has 0 aliphatic carbocycles. The van der Waals surface area contributed by atoms with Crippen LogP contribution in [0, 0.1) is 11.3 Å². The van der Waals surface area contributed by atoms with Crippen molar-refractivity contribution in [3.8, 4) is 11.8 Å². The maximum Gasteiger partial charge on any atom is 0.341 e. The zero-order valence-electron chi connectivity index (χ0n) is 9.52. The molecule has 0 aliphatic heterocycles. The summed E-state index contributed by atoms with van der Waals surface area (Å²) >= 11 is 0. The minimum atomic E-state index is -0.621. The number of carbonyl (C=O) groups is 2. The van der Waals surface area contributed by atoms with Crippen molar-refractivity contribution in [3.63, 3.8) is 0 Å². The summed E-state index contributed by atoms with van der Waals surface area (Å²) in [6.07, 6.45) is 0.559. The number of hydrogen-bond donors (Lipinski definition) is 0. The summed E-state index contributed by atoms with van der Waals surface area (Å²) in [5.74, 6) is -0.499. The highest BCUT2D eigenvalue weighted by Gasteiger charge is 2.18. The summed E-state index contributed by atoms with van der Waals surface area (Å²) in [6.45, 7) is 1.87. The van der Waals surface area contributed by atoms with Crippen LogP contribution in [-0.2, 0) is 4.74 Å². The lowest BCUT2D eigenvalue weighted by molar-refractivity contribution is 0.0522. The number of benzene rings is 1. The van der Waals surface area contributed by atoms with Crippen LogP contribution in [0.1, 0.15) is 33.2 Å². The quantitative estimate of drug-likeness (QED) is 0.582. The second-order valence-corrected chi connectivity index (χ2v) is 3.10. The van der Waals surface area contributed by atoms with Gasteiger partial charge in [-0.15, -0.1) is 0 Å². The topological polar surface area (TPSA) is 76.4 Å². The van der Waals surface area contributed by atoms with E-state index in [1.165, 1.54) is 19.2 Å². The van der Waals surface area contributed by atoms with E-state index in [1.807, 2.05) is 6.07 Å². The summed E-state index contributed by atoms with van der Waals surface area (Å²) in [7, 11) is 1.35. The Balaban J connectivity index is 3.40. The van der Waals surface area contributed by atoms with Gasteiger partial charge in [0.1, 0.15) is 17.9 Å². The molecular weight excluding hydrogens is 222 g/mol. The minimum absolute atomic E-state index is 0.0792. The van der Waals surface area contributed by atoms with Crippen LogP contribution in [-0.4, -0.2) is 26.0 Å². The number of ether oxygens (including phenoxy) is 2. The Morgan fingerprint density at radius 1 is 1.53 bits per heavy atom. The molecule has 0 spiro atoms. The normalized spacial score (nSPS) is 9.24. The molecule has 1 aromatic rings. The first kappa shape index (κ1) is 12.7. The van der Waals surface area contributed by atoms with Crippen molar-refractivity contribution in [3.05, 3.63) is 28.8 Å². The Morgan fingerprint density at radius 2 is 2.24 bits per heavy atom. The fourth-order valence-corrected chi connectivity index (χ4v) is 1.38. The highest BCUT2D eigenvalue weighted by atomic mass is 16.5. The van der Waals surface area contributed by atoms with Crippen molar-refractivity contribution in [2.45, 2.75) is 6.92 Å². The third kappa shape index (κ3) is 2.61. The number of methoxy groups -OCH3 is 1. The van der Waals surface area contributed by atoms with Crippen LogP contribution in [0.4, 0.5) is 0 Å². The number of nitriles is 1. The van der Waals surface area contributed by atoms with Gasteiger partial charge in [0.15, 0.2) is 5.75 Å². The Hall–Kier alpha value is -2.35. The van der Waals surface area contributed by atoms with Gasteiger partial charge in [0.25, 0.3) is 0 Å². The van der Waals surface area contributed by atoms with Gasteiger partial charge in [-0.2, -0.15) is 5.26 Å². The molecule has 17 heavy (non-hydrogen) atoms. The van der Waals surface area contributed by atoms with E-state index in [4.69, 9.17) is 14.7 Å². The molecule has 88 valence electrons. The molecule has 1 rings (SSSR count). The third-order valence-corrected chi connectivity index (χ3v) is 2.07. The minimum Gasteiger partial charge on any atom is -0.494 e. The van der Waals surface area contributed by atoms with Crippen molar-refractivity contribution in [2.24, 2.45) is 0 Å². The van der Waals surface area contributed by atoms with Gasteiger partial charge in [0.2, 0.25) is 0 Å². The first-order chi connectivity index (χ1) is 8.17. The van der Waals surface area contributed by atoms with Crippen LogP contribution in [0.2, 0.25) is 0 Å². The van der Waals surface area contributed by atoms with E-state index in [0.29, 0.717) is 6.29 Å². The molecule has 0 heterocycles. The van der Waals surface area contributed by atoms with Gasteiger partial charge in [-0.25, -0.2) is 4.79 Å². The monoisotopic (exact) mass is 233 g/mol. The molecule has 0 saturated carbocycles. The van der Waals surface area contributed by atoms with E-state index >= 15 is 0 Å². The predicted molar refractivity (Wildman–Crippen MR) is 59.1 cm³/mol. The molecule has 0 radical (unpaired) electrons. The van der Waals surface area contributed by atoms with Crippen LogP contribution in [0.15, 0.2) is 12.1 Å². The number of aldehydes is 1. The Bertz CT molecular complexity index is 488. The maximum absolute atomic E-state index is 11.6. The average molecular weight is 233 g/mol. The standard InChI is InChI=1S/C12H11NO4/c1-3-17-12(15)10-5-8(7-14)4-9(6-13)11(10)16-2/h4-5,7H,3H2,1-2H3. The highest BCUT2D eigenvalue weighted by Crippen LogP contribution is 2.25. The van der Waals surface area contributed by atoms with E-state index in [9.17, 15) is 9.59 Å². The largest absolute Gasteiger partial charge is 0.494 e. The molecule has 0 atom stereocenters. The molecule has 0 N–H and O–H groups in total. The molecular formula is C12H11NO4. The van der Waals surface area contributed by atoms with Crippen molar-refractivity contribution in [2.75, 3.05) is 13.7 Å². The van der Waals surface area contributed by atoms with Crippen LogP contribution in [0.25, 0.3) is 0 Å². The summed E-state index contributed by atoms with van der Waals surface area (Å²) in [4.78, 5) is 22.3. The number of carbonyl (C=O) groups excluding carboxylic acids is 2. The molecule has 1 aromatic carbocycles. The first-order valence-corrected chi connectivity index (χ1v) is 4.92. The zero-order valence-corrected chi connectivity index (χ0v) is 9.52. The van der Waals surface area contributed by atoms with Crippen molar-refractivity contribution < 1.29 is 19.1 Å². The summed E-state index contributed by atoms with van der Waals surface area (Å²) < 4.78 is 9.82. The van der Waals surface area contributed by atoms with E-state index in [2.05, 4.69) is 0 Å². The van der Waals surface area contributed by atoms with Crippen molar-refractivity contribution >= 4 is 12.3 Å². The van der Waals surface area contributed by atoms with Crippen LogP contribution < -0.4 is 4.74 Å². The lowest BCUT2D eigenvalue weighted by Gasteiger charge is -2.09. The predicted octanol–water partition coefficient (Wildman–Crippen LogP) is 1.56. The maximum atomic E-state index is 11.6. The second-order valence-electron chi connectivity index (χ2n) is 3.10. The van der Waals surface area contributed by atoms with Crippen molar-refractivity contribution in [1.29, 1.82) is 5.26 Å². The van der Waals surface area contributed by atoms with Gasteiger partial charge in [-0.05, 0) is 19.1 Å². The fourth-order valence-electron chi connectivity index (χ4n) is 1.38. The summed E-state index contributed by atoms with van der Waals surface area (Å²) in [6, 6.07) is 4.56. The van der Waals surface area contributed by atoms with Gasteiger partial charge in [-0.1, -0.05) is 0 Å². The molecule has 0 saturated heterocycles. The molecule has 5 heteroatoms. The Labute approximate surface area is 98.6 Å². The Morgan fingerprint density at radius 3 is 2.71 bits per heavy atom. The Kier molecular flexibility index (Phi) is 4.23. The van der Waals surface area contributed by atoms with Crippen molar-refractivity contribution in [1.82, 2.24) is 0 Å². The fraction of sp³-hybridized carbons (Fsp3) is 0.250.